The molecule has 3 aliphatic carbocycles. The zero-order valence-electron chi connectivity index (χ0n) is 19.9. The number of nitrogens with one attached hydrogen (secondary N) is 1. The van der Waals surface area contributed by atoms with Gasteiger partial charge in [-0.05, 0) is 49.8 Å². The van der Waals surface area contributed by atoms with E-state index in [1.807, 2.05) is 13.8 Å². The van der Waals surface area contributed by atoms with E-state index >= 15 is 0 Å². The van der Waals surface area contributed by atoms with E-state index in [4.69, 9.17) is 22.1 Å². The number of aromatic hydroxyl groups is 1. The van der Waals surface area contributed by atoms with E-state index in [2.05, 4.69) is 5.32 Å². The summed E-state index contributed by atoms with van der Waals surface area (Å²) in [6.45, 7) is 5.23. The van der Waals surface area contributed by atoms with Crippen LogP contribution in [0, 0.1) is 11.8 Å². The van der Waals surface area contributed by atoms with Gasteiger partial charge in [0.1, 0.15) is 22.8 Å². The average molecular weight is 521 g/mol. The summed E-state index contributed by atoms with van der Waals surface area (Å²) in [5.41, 5.74) is 2.59. The minimum absolute atomic E-state index is 0.0287. The van der Waals surface area contributed by atoms with Crippen molar-refractivity contribution in [2.75, 3.05) is 13.2 Å². The van der Waals surface area contributed by atoms with Crippen molar-refractivity contribution in [1.29, 1.82) is 0 Å². The van der Waals surface area contributed by atoms with Crippen molar-refractivity contribution >= 4 is 34.8 Å². The number of hydrogen-bond acceptors (Lipinski definition) is 9. The van der Waals surface area contributed by atoms with Crippen LogP contribution in [-0.4, -0.2) is 62.8 Å². The zero-order valence-corrected chi connectivity index (χ0v) is 20.7. The highest BCUT2D eigenvalue weighted by atomic mass is 35.5. The average Bonchev–Trinajstić information content (AvgIpc) is 2.78. The van der Waals surface area contributed by atoms with Crippen molar-refractivity contribution in [3.05, 3.63) is 44.7 Å². The molecule has 1 aromatic rings. The number of fused-ring (bicyclic) bond motifs is 3. The molecule has 194 valence electrons. The maximum absolute atomic E-state index is 13.5. The van der Waals surface area contributed by atoms with Gasteiger partial charge in [-0.1, -0.05) is 11.6 Å². The highest BCUT2D eigenvalue weighted by Crippen LogP contribution is 2.53. The van der Waals surface area contributed by atoms with E-state index in [9.17, 15) is 34.8 Å². The van der Waals surface area contributed by atoms with Gasteiger partial charge in [-0.25, -0.2) is 0 Å². The molecular weight excluding hydrogens is 492 g/mol. The van der Waals surface area contributed by atoms with E-state index in [0.29, 0.717) is 35.8 Å². The molecule has 0 spiro atoms. The van der Waals surface area contributed by atoms with Crippen LogP contribution in [0.1, 0.15) is 43.4 Å². The van der Waals surface area contributed by atoms with Gasteiger partial charge in [-0.3, -0.25) is 14.4 Å². The minimum Gasteiger partial charge on any atom is -0.508 e. The number of aliphatic hydroxyl groups is 3. The van der Waals surface area contributed by atoms with E-state index < -0.39 is 52.0 Å². The number of ketones is 2. The molecule has 0 aliphatic heterocycles. The summed E-state index contributed by atoms with van der Waals surface area (Å²) < 4.78 is 5.49. The lowest BCUT2D eigenvalue weighted by Gasteiger charge is -2.46. The fourth-order valence-electron chi connectivity index (χ4n) is 5.44. The molecule has 1 amide bonds. The quantitative estimate of drug-likeness (QED) is 0.230. The first kappa shape index (κ1) is 26.2. The summed E-state index contributed by atoms with van der Waals surface area (Å²) in [6.07, 6.45) is -0.0639. The molecule has 0 heterocycles. The number of rotatable bonds is 7. The number of carbonyl (C=O) groups excluding carboxylic acids is 3. The first-order valence-electron chi connectivity index (χ1n) is 11.7. The van der Waals surface area contributed by atoms with Gasteiger partial charge >= 0.3 is 0 Å². The second kappa shape index (κ2) is 9.51. The Balaban J connectivity index is 1.71. The van der Waals surface area contributed by atoms with Crippen LogP contribution in [0.15, 0.2) is 23.0 Å². The van der Waals surface area contributed by atoms with Gasteiger partial charge in [0.15, 0.2) is 11.4 Å². The van der Waals surface area contributed by atoms with E-state index in [1.165, 1.54) is 6.07 Å². The predicted molar refractivity (Wildman–Crippen MR) is 129 cm³/mol. The number of halogens is 1. The number of carbonyl (C=O) groups is 3. The van der Waals surface area contributed by atoms with Crippen molar-refractivity contribution in [2.45, 2.75) is 51.4 Å². The standard InChI is InChI=1S/C25H29ClN2O8/c1-10(2)36-4-3-28-9-12-7-15(29)18-14(20(12)26)6-11-5-13-8-16(30)19(24(27)34)23(33)25(13,35)22(32)17(11)21(18)31/h7,10-11,13,28-29,31,33,35H,3-6,8-9H2,1-2H3,(H2,27,34)/t11?,13-,25-/m0/s1. The zero-order chi connectivity index (χ0) is 26.5. The molecule has 3 atom stereocenters. The molecule has 3 aliphatic rings. The van der Waals surface area contributed by atoms with Gasteiger partial charge in [0, 0.05) is 36.0 Å². The molecular formula is C25H29ClN2O8. The van der Waals surface area contributed by atoms with Crippen LogP contribution >= 0.6 is 11.6 Å². The molecule has 1 saturated carbocycles. The number of benzene rings is 1. The van der Waals surface area contributed by atoms with Crippen LogP contribution in [0.2, 0.25) is 5.02 Å². The van der Waals surface area contributed by atoms with Crippen LogP contribution in [0.3, 0.4) is 0 Å². The maximum Gasteiger partial charge on any atom is 0.255 e. The van der Waals surface area contributed by atoms with Gasteiger partial charge in [0.25, 0.3) is 5.91 Å². The molecule has 1 unspecified atom stereocenters. The minimum atomic E-state index is -2.59. The monoisotopic (exact) mass is 520 g/mol. The third kappa shape index (κ3) is 4.07. The number of ether oxygens (including phenoxy) is 1. The third-order valence-corrected chi connectivity index (χ3v) is 7.59. The summed E-state index contributed by atoms with van der Waals surface area (Å²) >= 11 is 6.66. The van der Waals surface area contributed by atoms with Crippen LogP contribution in [-0.2, 0) is 32.1 Å². The first-order valence-corrected chi connectivity index (χ1v) is 12.1. The van der Waals surface area contributed by atoms with Gasteiger partial charge in [0.05, 0.1) is 18.3 Å². The smallest absolute Gasteiger partial charge is 0.255 e. The van der Waals surface area contributed by atoms with Crippen LogP contribution in [0.5, 0.6) is 5.75 Å². The summed E-state index contributed by atoms with van der Waals surface area (Å²) in [6, 6.07) is 1.39. The van der Waals surface area contributed by atoms with Crippen LogP contribution in [0.4, 0.5) is 0 Å². The van der Waals surface area contributed by atoms with E-state index in [-0.39, 0.29) is 42.3 Å². The molecule has 0 aromatic heterocycles. The lowest BCUT2D eigenvalue weighted by molar-refractivity contribution is -0.147. The molecule has 4 rings (SSSR count). The molecule has 1 fully saturated rings. The second-order valence-electron chi connectivity index (χ2n) is 9.73. The van der Waals surface area contributed by atoms with E-state index in [1.54, 1.807) is 0 Å². The predicted octanol–water partition coefficient (Wildman–Crippen LogP) is 1.59. The topological polar surface area (TPSA) is 179 Å². The number of amides is 1. The van der Waals surface area contributed by atoms with Crippen molar-refractivity contribution in [3.8, 4) is 5.75 Å². The van der Waals surface area contributed by atoms with Crippen molar-refractivity contribution in [3.63, 3.8) is 0 Å². The Hall–Kier alpha value is -2.92. The Labute approximate surface area is 212 Å². The summed E-state index contributed by atoms with van der Waals surface area (Å²) in [5, 5.41) is 47.1. The van der Waals surface area contributed by atoms with Gasteiger partial charge in [0.2, 0.25) is 5.78 Å². The number of nitrogens with two attached hydrogens (primary N) is 1. The number of hydrogen-bond donors (Lipinski definition) is 6. The van der Waals surface area contributed by atoms with Crippen molar-refractivity contribution in [1.82, 2.24) is 5.32 Å². The fourth-order valence-corrected chi connectivity index (χ4v) is 5.74. The normalized spacial score (nSPS) is 25.7. The molecule has 11 heteroatoms. The Morgan fingerprint density at radius 3 is 2.61 bits per heavy atom. The lowest BCUT2D eigenvalue weighted by Crippen LogP contribution is -2.58. The van der Waals surface area contributed by atoms with E-state index in [0.717, 1.165) is 0 Å². The molecule has 0 bridgehead atoms. The van der Waals surface area contributed by atoms with Gasteiger partial charge in [-0.15, -0.1) is 0 Å². The largest absolute Gasteiger partial charge is 0.508 e. The Bertz CT molecular complexity index is 1220. The highest BCUT2D eigenvalue weighted by molar-refractivity contribution is 6.32. The number of aliphatic hydroxyl groups excluding tert-OH is 2. The highest BCUT2D eigenvalue weighted by Gasteiger charge is 2.60. The number of phenols is 1. The maximum atomic E-state index is 13.5. The summed E-state index contributed by atoms with van der Waals surface area (Å²) in [5.74, 6) is -6.68. The number of primary amides is 1. The van der Waals surface area contributed by atoms with Crippen LogP contribution in [0.25, 0.3) is 5.76 Å². The number of Topliss-reactive ketones (excluding diaryl/α,β-unsaturated/α-hetero) is 2. The summed E-state index contributed by atoms with van der Waals surface area (Å²) in [4.78, 5) is 37.6. The fraction of sp³-hybridized carbons (Fsp3) is 0.480. The van der Waals surface area contributed by atoms with Crippen LogP contribution < -0.4 is 11.1 Å². The lowest BCUT2D eigenvalue weighted by atomic mass is 9.59. The first-order chi connectivity index (χ1) is 16.9. The third-order valence-electron chi connectivity index (χ3n) is 7.12. The molecule has 0 radical (unpaired) electrons. The SMILES string of the molecule is CC(C)OCCNCc1cc(O)c2c(c1Cl)CC1C[C@H]3CC(=O)C(C(N)=O)=C(O)[C@@]3(O)C(=O)C1=C2O. The Morgan fingerprint density at radius 1 is 1.28 bits per heavy atom. The van der Waals surface area contributed by atoms with Crippen molar-refractivity contribution in [2.24, 2.45) is 17.6 Å². The van der Waals surface area contributed by atoms with Gasteiger partial charge < -0.3 is 36.2 Å². The molecule has 36 heavy (non-hydrogen) atoms. The number of phenolic OH excluding ortho intramolecular Hbond substituents is 1. The Morgan fingerprint density at radius 2 is 1.97 bits per heavy atom. The summed E-state index contributed by atoms with van der Waals surface area (Å²) in [7, 11) is 0. The molecule has 10 nitrogen and oxygen atoms in total. The second-order valence-corrected chi connectivity index (χ2v) is 10.1. The molecule has 1 aromatic carbocycles. The van der Waals surface area contributed by atoms with Crippen molar-refractivity contribution < 1.29 is 39.5 Å². The Kier molecular flexibility index (Phi) is 6.91. The van der Waals surface area contributed by atoms with Gasteiger partial charge in [-0.2, -0.15) is 0 Å². The molecule has 7 N–H and O–H groups in total. The molecule has 0 saturated heterocycles.